The van der Waals surface area contributed by atoms with E-state index in [0.29, 0.717) is 18.1 Å². The van der Waals surface area contributed by atoms with Crippen molar-refractivity contribution in [3.63, 3.8) is 0 Å². The topological polar surface area (TPSA) is 85.3 Å². The molecule has 1 N–H and O–H groups in total. The van der Waals surface area contributed by atoms with Gasteiger partial charge in [0, 0.05) is 6.42 Å². The predicted octanol–water partition coefficient (Wildman–Crippen LogP) is 2.93. The Morgan fingerprint density at radius 1 is 1.24 bits per heavy atom. The van der Waals surface area contributed by atoms with Crippen LogP contribution in [0.3, 0.4) is 0 Å². The molecular weight excluding hydrogens is 326 g/mol. The lowest BCUT2D eigenvalue weighted by Crippen LogP contribution is -2.43. The van der Waals surface area contributed by atoms with Gasteiger partial charge in [-0.2, -0.15) is 0 Å². The number of aliphatic carboxylic acids is 1. The number of carbonyl (C=O) groups excluding carboxylic acids is 1. The van der Waals surface area contributed by atoms with Gasteiger partial charge >= 0.3 is 12.1 Å². The Kier molecular flexibility index (Phi) is 5.77. The minimum Gasteiger partial charge on any atom is -0.490 e. The third-order valence-corrected chi connectivity index (χ3v) is 3.62. The minimum atomic E-state index is -1.07. The van der Waals surface area contributed by atoms with Crippen LogP contribution in [0.2, 0.25) is 0 Å². The summed E-state index contributed by atoms with van der Waals surface area (Å²) in [5.74, 6) is 0.0483. The molecule has 0 saturated carbocycles. The summed E-state index contributed by atoms with van der Waals surface area (Å²) < 4.78 is 16.7. The monoisotopic (exact) mass is 351 g/mol. The van der Waals surface area contributed by atoms with Crippen LogP contribution < -0.4 is 9.47 Å². The van der Waals surface area contributed by atoms with E-state index in [1.54, 1.807) is 32.9 Å². The second-order valence-corrected chi connectivity index (χ2v) is 6.84. The Labute approximate surface area is 147 Å². The van der Waals surface area contributed by atoms with Gasteiger partial charge in [0.25, 0.3) is 0 Å². The van der Waals surface area contributed by atoms with Crippen molar-refractivity contribution < 1.29 is 28.9 Å². The molecule has 2 atom stereocenters. The molecule has 0 aliphatic carbocycles. The lowest BCUT2D eigenvalue weighted by atomic mass is 10.2. The van der Waals surface area contributed by atoms with E-state index in [1.165, 1.54) is 4.90 Å². The lowest BCUT2D eigenvalue weighted by molar-refractivity contribution is -0.142. The van der Waals surface area contributed by atoms with Crippen LogP contribution >= 0.6 is 0 Å². The minimum absolute atomic E-state index is 0.145. The van der Waals surface area contributed by atoms with Gasteiger partial charge in [-0.1, -0.05) is 12.1 Å². The largest absolute Gasteiger partial charge is 0.490 e. The molecule has 1 fully saturated rings. The van der Waals surface area contributed by atoms with Crippen molar-refractivity contribution in [2.24, 2.45) is 0 Å². The number of carboxylic acid groups (broad SMARTS) is 1. The number of carboxylic acids is 1. The van der Waals surface area contributed by atoms with Crippen molar-refractivity contribution >= 4 is 12.1 Å². The van der Waals surface area contributed by atoms with Gasteiger partial charge in [0.1, 0.15) is 17.7 Å². The van der Waals surface area contributed by atoms with E-state index in [4.69, 9.17) is 14.2 Å². The molecule has 1 aromatic rings. The van der Waals surface area contributed by atoms with Gasteiger partial charge in [-0.15, -0.1) is 0 Å². The highest BCUT2D eigenvalue weighted by atomic mass is 16.6. The Morgan fingerprint density at radius 2 is 1.88 bits per heavy atom. The molecule has 7 nitrogen and oxygen atoms in total. The van der Waals surface area contributed by atoms with E-state index in [-0.39, 0.29) is 13.0 Å². The number of para-hydroxylation sites is 2. The van der Waals surface area contributed by atoms with E-state index in [2.05, 4.69) is 0 Å². The first kappa shape index (κ1) is 18.9. The maximum Gasteiger partial charge on any atom is 0.411 e. The van der Waals surface area contributed by atoms with E-state index >= 15 is 0 Å². The molecule has 0 radical (unpaired) electrons. The van der Waals surface area contributed by atoms with Crippen LogP contribution in [-0.2, 0) is 9.53 Å². The molecule has 1 heterocycles. The second-order valence-electron chi connectivity index (χ2n) is 6.84. The lowest BCUT2D eigenvalue weighted by Gasteiger charge is -2.26. The molecule has 1 saturated heterocycles. The number of rotatable bonds is 5. The highest BCUT2D eigenvalue weighted by molar-refractivity contribution is 5.81. The molecule has 1 aromatic carbocycles. The number of hydrogen-bond acceptors (Lipinski definition) is 5. The van der Waals surface area contributed by atoms with E-state index in [0.717, 1.165) is 0 Å². The van der Waals surface area contributed by atoms with Crippen molar-refractivity contribution in [1.29, 1.82) is 0 Å². The molecule has 1 amide bonds. The van der Waals surface area contributed by atoms with Crippen LogP contribution in [0.4, 0.5) is 4.79 Å². The van der Waals surface area contributed by atoms with Gasteiger partial charge in [-0.3, -0.25) is 4.90 Å². The standard InChI is InChI=1S/C18H25NO6/c1-5-23-14-8-6-7-9-15(14)24-12-10-13(16(20)21)19(11-12)17(22)25-18(2,3)4/h6-9,12-13H,5,10-11H2,1-4H3,(H,20,21)/t12-,13-/m0/s1. The molecular formula is C18H25NO6. The van der Waals surface area contributed by atoms with Crippen LogP contribution in [0.5, 0.6) is 11.5 Å². The fraction of sp³-hybridized carbons (Fsp3) is 0.556. The molecule has 25 heavy (non-hydrogen) atoms. The number of benzene rings is 1. The summed E-state index contributed by atoms with van der Waals surface area (Å²) in [6.45, 7) is 7.73. The Balaban J connectivity index is 2.12. The summed E-state index contributed by atoms with van der Waals surface area (Å²) in [5.41, 5.74) is -0.694. The summed E-state index contributed by atoms with van der Waals surface area (Å²) in [7, 11) is 0. The number of amides is 1. The third kappa shape index (κ3) is 5.01. The highest BCUT2D eigenvalue weighted by Crippen LogP contribution is 2.31. The van der Waals surface area contributed by atoms with Crippen LogP contribution in [-0.4, -0.2) is 53.0 Å². The molecule has 0 spiro atoms. The summed E-state index contributed by atoms with van der Waals surface area (Å²) in [6, 6.07) is 6.22. The molecule has 0 bridgehead atoms. The van der Waals surface area contributed by atoms with Gasteiger partial charge in [-0.25, -0.2) is 9.59 Å². The quantitative estimate of drug-likeness (QED) is 0.878. The second kappa shape index (κ2) is 7.63. The number of carbonyl (C=O) groups is 2. The van der Waals surface area contributed by atoms with Gasteiger partial charge in [-0.05, 0) is 39.8 Å². The summed E-state index contributed by atoms with van der Waals surface area (Å²) in [5, 5.41) is 9.42. The highest BCUT2D eigenvalue weighted by Gasteiger charge is 2.42. The van der Waals surface area contributed by atoms with Crippen LogP contribution in [0.1, 0.15) is 34.1 Å². The normalized spacial score (nSPS) is 20.2. The van der Waals surface area contributed by atoms with Crippen LogP contribution in [0.25, 0.3) is 0 Å². The Hall–Kier alpha value is -2.44. The van der Waals surface area contributed by atoms with E-state index < -0.39 is 29.8 Å². The smallest absolute Gasteiger partial charge is 0.411 e. The SMILES string of the molecule is CCOc1ccccc1O[C@H]1C[C@@H](C(=O)O)N(C(=O)OC(C)(C)C)C1. The zero-order valence-electron chi connectivity index (χ0n) is 15.0. The van der Waals surface area contributed by atoms with Gasteiger partial charge < -0.3 is 19.3 Å². The molecule has 0 unspecified atom stereocenters. The average Bonchev–Trinajstić information content (AvgIpc) is 2.92. The van der Waals surface area contributed by atoms with Gasteiger partial charge in [0.2, 0.25) is 0 Å². The van der Waals surface area contributed by atoms with Crippen molar-refractivity contribution in [3.8, 4) is 11.5 Å². The molecule has 138 valence electrons. The molecule has 7 heteroatoms. The molecule has 0 aromatic heterocycles. The first-order valence-corrected chi connectivity index (χ1v) is 8.32. The summed E-state index contributed by atoms with van der Waals surface area (Å²) >= 11 is 0. The zero-order chi connectivity index (χ0) is 18.6. The number of hydrogen-bond donors (Lipinski definition) is 1. The van der Waals surface area contributed by atoms with E-state index in [9.17, 15) is 14.7 Å². The van der Waals surface area contributed by atoms with E-state index in [1.807, 2.05) is 19.1 Å². The predicted molar refractivity (Wildman–Crippen MR) is 91.0 cm³/mol. The number of likely N-dealkylation sites (tertiary alicyclic amines) is 1. The summed E-state index contributed by atoms with van der Waals surface area (Å²) in [4.78, 5) is 25.0. The molecule has 2 rings (SSSR count). The molecule has 1 aliphatic rings. The zero-order valence-corrected chi connectivity index (χ0v) is 15.0. The first-order valence-electron chi connectivity index (χ1n) is 8.32. The Bertz CT molecular complexity index is 624. The van der Waals surface area contributed by atoms with Crippen LogP contribution in [0, 0.1) is 0 Å². The van der Waals surface area contributed by atoms with Crippen molar-refractivity contribution in [1.82, 2.24) is 4.90 Å². The average molecular weight is 351 g/mol. The fourth-order valence-electron chi connectivity index (χ4n) is 2.64. The van der Waals surface area contributed by atoms with Crippen molar-refractivity contribution in [2.45, 2.75) is 51.9 Å². The maximum atomic E-state index is 12.3. The van der Waals surface area contributed by atoms with Crippen molar-refractivity contribution in [2.75, 3.05) is 13.2 Å². The molecule has 1 aliphatic heterocycles. The van der Waals surface area contributed by atoms with Crippen LogP contribution in [0.15, 0.2) is 24.3 Å². The fourth-order valence-corrected chi connectivity index (χ4v) is 2.64. The first-order chi connectivity index (χ1) is 11.7. The van der Waals surface area contributed by atoms with Gasteiger partial charge in [0.15, 0.2) is 11.5 Å². The number of ether oxygens (including phenoxy) is 3. The van der Waals surface area contributed by atoms with Crippen molar-refractivity contribution in [3.05, 3.63) is 24.3 Å². The number of nitrogens with zero attached hydrogens (tertiary/aromatic N) is 1. The third-order valence-electron chi connectivity index (χ3n) is 3.62. The van der Waals surface area contributed by atoms with Gasteiger partial charge in [0.05, 0.1) is 13.2 Å². The summed E-state index contributed by atoms with van der Waals surface area (Å²) in [6.07, 6.45) is -0.908. The maximum absolute atomic E-state index is 12.3. The Morgan fingerprint density at radius 3 is 2.44 bits per heavy atom.